The molecule has 0 radical (unpaired) electrons. The fourth-order valence-corrected chi connectivity index (χ4v) is 1.55. The zero-order valence-corrected chi connectivity index (χ0v) is 9.47. The molecular formula is C12H18FNO. The van der Waals surface area contributed by atoms with Gasteiger partial charge in [-0.2, -0.15) is 0 Å². The van der Waals surface area contributed by atoms with Crippen molar-refractivity contribution < 1.29 is 9.50 Å². The van der Waals surface area contributed by atoms with Crippen molar-refractivity contribution in [1.82, 2.24) is 0 Å². The van der Waals surface area contributed by atoms with Crippen LogP contribution in [0.15, 0.2) is 12.1 Å². The minimum Gasteiger partial charge on any atom is -0.505 e. The summed E-state index contributed by atoms with van der Waals surface area (Å²) in [7, 11) is 0. The van der Waals surface area contributed by atoms with Gasteiger partial charge in [0.1, 0.15) is 0 Å². The van der Waals surface area contributed by atoms with Crippen LogP contribution in [0.4, 0.5) is 4.39 Å². The summed E-state index contributed by atoms with van der Waals surface area (Å²) in [5, 5.41) is 9.55. The van der Waals surface area contributed by atoms with Crippen LogP contribution < -0.4 is 5.73 Å². The normalized spacial score (nSPS) is 11.8. The lowest BCUT2D eigenvalue weighted by molar-refractivity contribution is 0.414. The van der Waals surface area contributed by atoms with Gasteiger partial charge in [-0.3, -0.25) is 0 Å². The molecule has 0 aromatic heterocycles. The SMILES string of the molecule is CCc1cc(F)c(O)c(CC(C)(C)N)c1. The summed E-state index contributed by atoms with van der Waals surface area (Å²) in [6.07, 6.45) is 1.21. The Hall–Kier alpha value is -1.09. The van der Waals surface area contributed by atoms with Crippen molar-refractivity contribution in [2.24, 2.45) is 5.73 Å². The molecule has 0 aliphatic rings. The molecule has 0 fully saturated rings. The van der Waals surface area contributed by atoms with E-state index in [0.29, 0.717) is 12.0 Å². The monoisotopic (exact) mass is 211 g/mol. The zero-order chi connectivity index (χ0) is 11.6. The predicted molar refractivity (Wildman–Crippen MR) is 59.4 cm³/mol. The first-order valence-electron chi connectivity index (χ1n) is 5.12. The first-order valence-corrected chi connectivity index (χ1v) is 5.12. The van der Waals surface area contributed by atoms with Gasteiger partial charge < -0.3 is 10.8 Å². The summed E-state index contributed by atoms with van der Waals surface area (Å²) in [6, 6.07) is 3.18. The highest BCUT2D eigenvalue weighted by molar-refractivity contribution is 5.38. The molecule has 0 aliphatic heterocycles. The van der Waals surface area contributed by atoms with Gasteiger partial charge in [0, 0.05) is 5.54 Å². The number of halogens is 1. The van der Waals surface area contributed by atoms with Crippen LogP contribution in [0.2, 0.25) is 0 Å². The molecule has 0 saturated carbocycles. The third kappa shape index (κ3) is 3.20. The highest BCUT2D eigenvalue weighted by Gasteiger charge is 2.17. The van der Waals surface area contributed by atoms with E-state index in [1.54, 1.807) is 0 Å². The van der Waals surface area contributed by atoms with Gasteiger partial charge in [-0.05, 0) is 43.9 Å². The second-order valence-corrected chi connectivity index (χ2v) is 4.60. The molecule has 15 heavy (non-hydrogen) atoms. The number of phenols is 1. The zero-order valence-electron chi connectivity index (χ0n) is 9.47. The third-order valence-electron chi connectivity index (χ3n) is 2.26. The Kier molecular flexibility index (Phi) is 3.35. The largest absolute Gasteiger partial charge is 0.505 e. The number of benzene rings is 1. The van der Waals surface area contributed by atoms with E-state index in [0.717, 1.165) is 12.0 Å². The Balaban J connectivity index is 3.11. The summed E-state index contributed by atoms with van der Waals surface area (Å²) in [4.78, 5) is 0. The van der Waals surface area contributed by atoms with E-state index >= 15 is 0 Å². The van der Waals surface area contributed by atoms with Crippen LogP contribution in [0.1, 0.15) is 31.9 Å². The summed E-state index contributed by atoms with van der Waals surface area (Å²) in [5.41, 5.74) is 6.86. The second kappa shape index (κ2) is 4.19. The Bertz CT molecular complexity index is 355. The van der Waals surface area contributed by atoms with Crippen molar-refractivity contribution in [2.75, 3.05) is 0 Å². The van der Waals surface area contributed by atoms with Crippen LogP contribution >= 0.6 is 0 Å². The molecule has 0 atom stereocenters. The molecule has 1 aromatic rings. The van der Waals surface area contributed by atoms with Crippen molar-refractivity contribution in [2.45, 2.75) is 39.2 Å². The maximum atomic E-state index is 13.3. The molecule has 1 rings (SSSR count). The number of rotatable bonds is 3. The standard InChI is InChI=1S/C12H18FNO/c1-4-8-5-9(7-12(2,3)14)11(15)10(13)6-8/h5-6,15H,4,7,14H2,1-3H3. The van der Waals surface area contributed by atoms with Gasteiger partial charge in [0.05, 0.1) is 0 Å². The smallest absolute Gasteiger partial charge is 0.165 e. The topological polar surface area (TPSA) is 46.2 Å². The van der Waals surface area contributed by atoms with Gasteiger partial charge in [0.15, 0.2) is 11.6 Å². The molecule has 2 nitrogen and oxygen atoms in total. The van der Waals surface area contributed by atoms with E-state index in [-0.39, 0.29) is 5.75 Å². The van der Waals surface area contributed by atoms with E-state index in [1.165, 1.54) is 6.07 Å². The summed E-state index contributed by atoms with van der Waals surface area (Å²) in [5.74, 6) is -0.834. The Morgan fingerprint density at radius 1 is 1.40 bits per heavy atom. The number of phenolic OH excluding ortho intramolecular Hbond substituents is 1. The van der Waals surface area contributed by atoms with Crippen molar-refractivity contribution >= 4 is 0 Å². The molecule has 0 amide bonds. The average molecular weight is 211 g/mol. The first-order chi connectivity index (χ1) is 6.83. The van der Waals surface area contributed by atoms with Gasteiger partial charge in [-0.25, -0.2) is 4.39 Å². The van der Waals surface area contributed by atoms with Gasteiger partial charge in [0.2, 0.25) is 0 Å². The Labute approximate surface area is 89.9 Å². The average Bonchev–Trinajstić information content (AvgIpc) is 2.10. The Morgan fingerprint density at radius 2 is 2.00 bits per heavy atom. The lowest BCUT2D eigenvalue weighted by atomic mass is 9.94. The van der Waals surface area contributed by atoms with Crippen molar-refractivity contribution in [1.29, 1.82) is 0 Å². The van der Waals surface area contributed by atoms with Crippen LogP contribution in [-0.4, -0.2) is 10.6 Å². The lowest BCUT2D eigenvalue weighted by Crippen LogP contribution is -2.34. The van der Waals surface area contributed by atoms with Crippen LogP contribution in [0, 0.1) is 5.82 Å². The number of nitrogens with two attached hydrogens (primary N) is 1. The molecule has 1 aromatic carbocycles. The predicted octanol–water partition coefficient (Wildman–Crippen LogP) is 2.37. The molecule has 0 saturated heterocycles. The minimum absolute atomic E-state index is 0.272. The second-order valence-electron chi connectivity index (χ2n) is 4.60. The number of aryl methyl sites for hydroxylation is 1. The molecular weight excluding hydrogens is 193 g/mol. The van der Waals surface area contributed by atoms with Crippen LogP contribution in [0.3, 0.4) is 0 Å². The van der Waals surface area contributed by atoms with Crippen molar-refractivity contribution in [3.05, 3.63) is 29.1 Å². The number of hydrogen-bond acceptors (Lipinski definition) is 2. The lowest BCUT2D eigenvalue weighted by Gasteiger charge is -2.19. The van der Waals surface area contributed by atoms with Crippen LogP contribution in [-0.2, 0) is 12.8 Å². The van der Waals surface area contributed by atoms with Crippen molar-refractivity contribution in [3.8, 4) is 5.75 Å². The fraction of sp³-hybridized carbons (Fsp3) is 0.500. The number of hydrogen-bond donors (Lipinski definition) is 2. The van der Waals surface area contributed by atoms with Crippen LogP contribution in [0.25, 0.3) is 0 Å². The molecule has 0 bridgehead atoms. The highest BCUT2D eigenvalue weighted by Crippen LogP contribution is 2.26. The first kappa shape index (κ1) is 12.0. The van der Waals surface area contributed by atoms with Crippen molar-refractivity contribution in [3.63, 3.8) is 0 Å². The Morgan fingerprint density at radius 3 is 2.47 bits per heavy atom. The van der Waals surface area contributed by atoms with E-state index in [4.69, 9.17) is 5.73 Å². The van der Waals surface area contributed by atoms with E-state index in [1.807, 2.05) is 26.8 Å². The maximum absolute atomic E-state index is 13.3. The summed E-state index contributed by atoms with van der Waals surface area (Å²) >= 11 is 0. The van der Waals surface area contributed by atoms with Gasteiger partial charge in [-0.15, -0.1) is 0 Å². The fourth-order valence-electron chi connectivity index (χ4n) is 1.55. The maximum Gasteiger partial charge on any atom is 0.165 e. The number of aromatic hydroxyl groups is 1. The molecule has 0 aliphatic carbocycles. The third-order valence-corrected chi connectivity index (χ3v) is 2.26. The molecule has 0 spiro atoms. The van der Waals surface area contributed by atoms with Gasteiger partial charge in [-0.1, -0.05) is 13.0 Å². The summed E-state index contributed by atoms with van der Waals surface area (Å²) in [6.45, 7) is 5.65. The molecule has 84 valence electrons. The van der Waals surface area contributed by atoms with E-state index < -0.39 is 11.4 Å². The highest BCUT2D eigenvalue weighted by atomic mass is 19.1. The van der Waals surface area contributed by atoms with Gasteiger partial charge in [0.25, 0.3) is 0 Å². The quantitative estimate of drug-likeness (QED) is 0.806. The molecule has 0 heterocycles. The van der Waals surface area contributed by atoms with Crippen LogP contribution in [0.5, 0.6) is 5.75 Å². The molecule has 3 heteroatoms. The van der Waals surface area contributed by atoms with Gasteiger partial charge >= 0.3 is 0 Å². The minimum atomic E-state index is -0.561. The molecule has 3 N–H and O–H groups in total. The van der Waals surface area contributed by atoms with E-state index in [2.05, 4.69) is 0 Å². The molecule has 0 unspecified atom stereocenters. The summed E-state index contributed by atoms with van der Waals surface area (Å²) < 4.78 is 13.3. The van der Waals surface area contributed by atoms with E-state index in [9.17, 15) is 9.50 Å².